The first-order valence-corrected chi connectivity index (χ1v) is 6.93. The van der Waals surface area contributed by atoms with Crippen LogP contribution in [0.1, 0.15) is 0 Å². The van der Waals surface area contributed by atoms with Gasteiger partial charge in [-0.15, -0.1) is 0 Å². The minimum Gasteiger partial charge on any atom is -0.497 e. The Morgan fingerprint density at radius 1 is 1.36 bits per heavy atom. The molecular formula is C15H17N3O4. The monoisotopic (exact) mass is 303 g/mol. The number of carboxylic acid groups (broad SMARTS) is 1. The lowest BCUT2D eigenvalue weighted by atomic mass is 10.1. The quantitative estimate of drug-likeness (QED) is 0.759. The Labute approximate surface area is 127 Å². The Morgan fingerprint density at radius 3 is 2.82 bits per heavy atom. The maximum atomic E-state index is 11.1. The Kier molecular flexibility index (Phi) is 3.97. The van der Waals surface area contributed by atoms with E-state index >= 15 is 0 Å². The molecule has 3 N–H and O–H groups in total. The molecule has 1 aromatic rings. The highest BCUT2D eigenvalue weighted by molar-refractivity contribution is 6.03. The Morgan fingerprint density at radius 2 is 2.14 bits per heavy atom. The number of aliphatic carboxylic acids is 1. The zero-order chi connectivity index (χ0) is 15.5. The summed E-state index contributed by atoms with van der Waals surface area (Å²) >= 11 is 0. The second kappa shape index (κ2) is 6.07. The molecule has 0 saturated heterocycles. The van der Waals surface area contributed by atoms with Gasteiger partial charge in [0.25, 0.3) is 0 Å². The third kappa shape index (κ3) is 2.89. The fraction of sp³-hybridized carbons (Fsp3) is 0.333. The van der Waals surface area contributed by atoms with Crippen LogP contribution in [-0.4, -0.2) is 49.7 Å². The lowest BCUT2D eigenvalue weighted by Crippen LogP contribution is -2.52. The molecule has 0 bridgehead atoms. The second-order valence-corrected chi connectivity index (χ2v) is 5.02. The van der Waals surface area contributed by atoms with Gasteiger partial charge in [0.15, 0.2) is 0 Å². The van der Waals surface area contributed by atoms with Crippen molar-refractivity contribution in [1.29, 1.82) is 0 Å². The molecule has 7 nitrogen and oxygen atoms in total. The van der Waals surface area contributed by atoms with Crippen LogP contribution in [0.15, 0.2) is 40.7 Å². The molecule has 22 heavy (non-hydrogen) atoms. The molecule has 1 aromatic carbocycles. The van der Waals surface area contributed by atoms with E-state index in [1.807, 2.05) is 24.3 Å². The molecular weight excluding hydrogens is 286 g/mol. The summed E-state index contributed by atoms with van der Waals surface area (Å²) in [5.41, 5.74) is 3.11. The van der Waals surface area contributed by atoms with Crippen LogP contribution in [0, 0.1) is 0 Å². The summed E-state index contributed by atoms with van der Waals surface area (Å²) in [7, 11) is 1.61. The number of hydrogen-bond acceptors (Lipinski definition) is 6. The van der Waals surface area contributed by atoms with Crippen molar-refractivity contribution in [3.8, 4) is 5.75 Å². The zero-order valence-corrected chi connectivity index (χ0v) is 12.1. The van der Waals surface area contributed by atoms with E-state index in [9.17, 15) is 4.79 Å². The molecule has 0 fully saturated rings. The molecule has 0 aliphatic carbocycles. The van der Waals surface area contributed by atoms with Gasteiger partial charge in [0, 0.05) is 6.54 Å². The molecule has 0 amide bonds. The van der Waals surface area contributed by atoms with Gasteiger partial charge in [-0.1, -0.05) is 0 Å². The van der Waals surface area contributed by atoms with Gasteiger partial charge >= 0.3 is 5.97 Å². The summed E-state index contributed by atoms with van der Waals surface area (Å²) in [5, 5.41) is 15.2. The highest BCUT2D eigenvalue weighted by Gasteiger charge is 2.29. The molecule has 2 heterocycles. The first kappa shape index (κ1) is 14.4. The summed E-state index contributed by atoms with van der Waals surface area (Å²) in [5.74, 6) is -0.122. The van der Waals surface area contributed by atoms with E-state index in [-0.39, 0.29) is 0 Å². The van der Waals surface area contributed by atoms with E-state index in [1.165, 1.54) is 0 Å². The number of hydrogen-bond donors (Lipinski definition) is 3. The van der Waals surface area contributed by atoms with Crippen LogP contribution in [0.3, 0.4) is 0 Å². The largest absolute Gasteiger partial charge is 0.497 e. The number of rotatable bonds is 3. The number of ether oxygens (including phenoxy) is 2. The minimum atomic E-state index is -0.890. The van der Waals surface area contributed by atoms with E-state index in [4.69, 9.17) is 14.6 Å². The minimum absolute atomic E-state index is 0.315. The van der Waals surface area contributed by atoms with Crippen molar-refractivity contribution in [2.45, 2.75) is 6.04 Å². The van der Waals surface area contributed by atoms with Gasteiger partial charge in [-0.2, -0.15) is 0 Å². The van der Waals surface area contributed by atoms with Crippen LogP contribution in [0.2, 0.25) is 0 Å². The standard InChI is InChI=1S/C15H17N3O4/c1-21-10-4-2-9(3-5-10)17-12-7-22-8-13-14(12)16-6-11(18-13)15(19)20/h2-5,11,16,18H,6-8H2,1H3,(H,19,20)/b17-12+. The van der Waals surface area contributed by atoms with Crippen LogP contribution < -0.4 is 15.4 Å². The molecule has 0 aromatic heterocycles. The lowest BCUT2D eigenvalue weighted by Gasteiger charge is -2.32. The van der Waals surface area contributed by atoms with Gasteiger partial charge in [0.2, 0.25) is 0 Å². The molecule has 0 saturated carbocycles. The molecule has 116 valence electrons. The van der Waals surface area contributed by atoms with Gasteiger partial charge in [-0.3, -0.25) is 0 Å². The number of nitrogens with zero attached hydrogens (tertiary/aromatic N) is 1. The number of aliphatic imine (C=N–C) groups is 1. The number of nitrogens with one attached hydrogen (secondary N) is 2. The molecule has 2 aliphatic rings. The number of benzene rings is 1. The Hall–Kier alpha value is -2.54. The fourth-order valence-corrected chi connectivity index (χ4v) is 2.41. The predicted molar refractivity (Wildman–Crippen MR) is 80.5 cm³/mol. The van der Waals surface area contributed by atoms with E-state index in [2.05, 4.69) is 15.6 Å². The smallest absolute Gasteiger partial charge is 0.327 e. The van der Waals surface area contributed by atoms with Gasteiger partial charge in [0.1, 0.15) is 11.8 Å². The Balaban J connectivity index is 1.85. The van der Waals surface area contributed by atoms with Crippen molar-refractivity contribution in [2.24, 2.45) is 4.99 Å². The first-order valence-electron chi connectivity index (χ1n) is 6.93. The van der Waals surface area contributed by atoms with Crippen molar-refractivity contribution >= 4 is 17.4 Å². The summed E-state index contributed by atoms with van der Waals surface area (Å²) < 4.78 is 10.6. The van der Waals surface area contributed by atoms with Crippen molar-refractivity contribution < 1.29 is 19.4 Å². The summed E-state index contributed by atoms with van der Waals surface area (Å²) in [6.45, 7) is 1.06. The maximum absolute atomic E-state index is 11.1. The molecule has 2 aliphatic heterocycles. The van der Waals surface area contributed by atoms with Gasteiger partial charge in [0.05, 0.1) is 43.1 Å². The average Bonchev–Trinajstić information content (AvgIpc) is 2.55. The summed E-state index contributed by atoms with van der Waals surface area (Å²) in [6, 6.07) is 6.74. The van der Waals surface area contributed by atoms with E-state index in [0.29, 0.717) is 19.8 Å². The first-order chi connectivity index (χ1) is 10.7. The SMILES string of the molecule is COc1ccc(/N=C2\COCC3=C2NCC(C(=O)O)N3)cc1. The third-order valence-corrected chi connectivity index (χ3v) is 3.54. The van der Waals surface area contributed by atoms with Crippen LogP contribution in [-0.2, 0) is 9.53 Å². The van der Waals surface area contributed by atoms with Crippen molar-refractivity contribution in [2.75, 3.05) is 26.9 Å². The number of carboxylic acids is 1. The Bertz CT molecular complexity index is 637. The normalized spacial score (nSPS) is 22.6. The average molecular weight is 303 g/mol. The number of methoxy groups -OCH3 is 1. The topological polar surface area (TPSA) is 92.2 Å². The zero-order valence-electron chi connectivity index (χ0n) is 12.1. The van der Waals surface area contributed by atoms with Gasteiger partial charge in [-0.05, 0) is 24.3 Å². The molecule has 7 heteroatoms. The molecule has 0 spiro atoms. The second-order valence-electron chi connectivity index (χ2n) is 5.02. The van der Waals surface area contributed by atoms with Gasteiger partial charge in [-0.25, -0.2) is 9.79 Å². The highest BCUT2D eigenvalue weighted by Crippen LogP contribution is 2.21. The lowest BCUT2D eigenvalue weighted by molar-refractivity contribution is -0.139. The van der Waals surface area contributed by atoms with E-state index < -0.39 is 12.0 Å². The van der Waals surface area contributed by atoms with Crippen LogP contribution in [0.5, 0.6) is 5.75 Å². The molecule has 0 radical (unpaired) electrons. The van der Waals surface area contributed by atoms with Gasteiger partial charge < -0.3 is 25.2 Å². The highest BCUT2D eigenvalue weighted by atomic mass is 16.5. The van der Waals surface area contributed by atoms with E-state index in [1.54, 1.807) is 7.11 Å². The van der Waals surface area contributed by atoms with Crippen LogP contribution in [0.25, 0.3) is 0 Å². The third-order valence-electron chi connectivity index (χ3n) is 3.54. The van der Waals surface area contributed by atoms with Crippen molar-refractivity contribution in [3.05, 3.63) is 35.7 Å². The molecule has 1 unspecified atom stereocenters. The van der Waals surface area contributed by atoms with Crippen LogP contribution in [0.4, 0.5) is 5.69 Å². The van der Waals surface area contributed by atoms with Crippen LogP contribution >= 0.6 is 0 Å². The maximum Gasteiger partial charge on any atom is 0.327 e. The summed E-state index contributed by atoms with van der Waals surface area (Å²) in [4.78, 5) is 15.6. The molecule has 3 rings (SSSR count). The van der Waals surface area contributed by atoms with E-state index in [0.717, 1.165) is 28.5 Å². The number of carbonyl (C=O) groups is 1. The summed E-state index contributed by atoms with van der Waals surface area (Å²) in [6.07, 6.45) is 0. The van der Waals surface area contributed by atoms with Crippen molar-refractivity contribution in [1.82, 2.24) is 10.6 Å². The predicted octanol–water partition coefficient (Wildman–Crippen LogP) is 0.655. The molecule has 1 atom stereocenters. The van der Waals surface area contributed by atoms with Crippen molar-refractivity contribution in [3.63, 3.8) is 0 Å². The fourth-order valence-electron chi connectivity index (χ4n) is 2.41.